The topological polar surface area (TPSA) is 73.8 Å². The van der Waals surface area contributed by atoms with Crippen molar-refractivity contribution in [1.29, 1.82) is 0 Å². The molecule has 4 aromatic rings. The Morgan fingerprint density at radius 1 is 1.18 bits per heavy atom. The number of rotatable bonds is 5. The second kappa shape index (κ2) is 9.46. The number of nitrogens with zero attached hydrogens (tertiary/aromatic N) is 7. The lowest BCUT2D eigenvalue weighted by Crippen LogP contribution is -2.39. The van der Waals surface area contributed by atoms with E-state index in [1.807, 2.05) is 13.8 Å². The molecular formula is C27H26ClF4N7O. The molecule has 40 heavy (non-hydrogen) atoms. The molecule has 0 radical (unpaired) electrons. The van der Waals surface area contributed by atoms with E-state index in [0.717, 1.165) is 11.8 Å². The van der Waals surface area contributed by atoms with Crippen LogP contribution in [0, 0.1) is 5.82 Å². The number of amides is 1. The molecular weight excluding hydrogens is 550 g/mol. The van der Waals surface area contributed by atoms with E-state index in [9.17, 15) is 18.0 Å². The Bertz CT molecular complexity index is 1630. The lowest BCUT2D eigenvalue weighted by atomic mass is 10.0. The van der Waals surface area contributed by atoms with Crippen LogP contribution in [0.1, 0.15) is 62.5 Å². The summed E-state index contributed by atoms with van der Waals surface area (Å²) < 4.78 is 60.3. The van der Waals surface area contributed by atoms with Crippen LogP contribution in [0.25, 0.3) is 22.8 Å². The van der Waals surface area contributed by atoms with Crippen molar-refractivity contribution >= 4 is 23.3 Å². The molecule has 2 aliphatic rings. The van der Waals surface area contributed by atoms with E-state index < -0.39 is 23.7 Å². The Morgan fingerprint density at radius 2 is 1.95 bits per heavy atom. The zero-order valence-electron chi connectivity index (χ0n) is 22.0. The van der Waals surface area contributed by atoms with Gasteiger partial charge in [0.1, 0.15) is 28.8 Å². The molecule has 3 aromatic heterocycles. The Labute approximate surface area is 232 Å². The van der Waals surface area contributed by atoms with Gasteiger partial charge in [0.25, 0.3) is 0 Å². The Hall–Kier alpha value is -3.67. The molecule has 0 spiro atoms. The van der Waals surface area contributed by atoms with Gasteiger partial charge in [-0.2, -0.15) is 23.4 Å². The van der Waals surface area contributed by atoms with Gasteiger partial charge in [-0.1, -0.05) is 11.6 Å². The number of fused-ring (bicyclic) bond motifs is 2. The van der Waals surface area contributed by atoms with Crippen LogP contribution in [-0.2, 0) is 30.5 Å². The number of carbonyl (C=O) groups is 1. The second-order valence-corrected chi connectivity index (χ2v) is 10.7. The minimum absolute atomic E-state index is 0.00522. The SMILES string of the molecule is CCn1cc(C(F)(F)F)nc1-c1cc2c(cc1F)C(N1C(=O)CCn3nc(-c4c(Cl)cnn4C(C)C)cc31)CC2. The van der Waals surface area contributed by atoms with Gasteiger partial charge in [0, 0.05) is 31.3 Å². The first-order valence-electron chi connectivity index (χ1n) is 13.1. The fraction of sp³-hybridized carbons (Fsp3) is 0.407. The molecule has 0 bridgehead atoms. The monoisotopic (exact) mass is 575 g/mol. The average molecular weight is 576 g/mol. The van der Waals surface area contributed by atoms with Crippen LogP contribution in [0.3, 0.4) is 0 Å². The van der Waals surface area contributed by atoms with Gasteiger partial charge in [0.15, 0.2) is 5.69 Å². The standard InChI is InChI=1S/C27H26ClF4N7O/c1-4-36-13-22(27(30,31)32)34-26(36)17-9-15-5-6-21(16(15)10-19(17)29)38-23-11-20(35-37(23)8-7-24(38)40)25-18(28)12-33-39(25)14(2)3/h9-14,21H,4-8H2,1-3H3. The zero-order valence-corrected chi connectivity index (χ0v) is 22.8. The van der Waals surface area contributed by atoms with Gasteiger partial charge in [-0.25, -0.2) is 14.1 Å². The van der Waals surface area contributed by atoms with E-state index in [2.05, 4.69) is 10.1 Å². The first kappa shape index (κ1) is 26.5. The third-order valence-electron chi connectivity index (χ3n) is 7.53. The molecule has 1 unspecified atom stereocenters. The Kier molecular flexibility index (Phi) is 6.28. The lowest BCUT2D eigenvalue weighted by Gasteiger charge is -2.33. The van der Waals surface area contributed by atoms with Gasteiger partial charge in [-0.15, -0.1) is 0 Å². The minimum atomic E-state index is -4.64. The van der Waals surface area contributed by atoms with Crippen molar-refractivity contribution in [2.24, 2.45) is 0 Å². The van der Waals surface area contributed by atoms with Crippen molar-refractivity contribution in [3.05, 3.63) is 58.3 Å². The number of carbonyl (C=O) groups excluding carboxylic acids is 1. The molecule has 0 saturated carbocycles. The van der Waals surface area contributed by atoms with Gasteiger partial charge < -0.3 is 4.57 Å². The summed E-state index contributed by atoms with van der Waals surface area (Å²) in [6.07, 6.45) is -0.887. The van der Waals surface area contributed by atoms with Crippen LogP contribution in [-0.4, -0.2) is 35.0 Å². The molecule has 1 amide bonds. The van der Waals surface area contributed by atoms with E-state index in [0.29, 0.717) is 47.2 Å². The summed E-state index contributed by atoms with van der Waals surface area (Å²) in [5, 5.41) is 9.52. The first-order chi connectivity index (χ1) is 19.0. The number of aromatic nitrogens is 6. The summed E-state index contributed by atoms with van der Waals surface area (Å²) in [7, 11) is 0. The highest BCUT2D eigenvalue weighted by molar-refractivity contribution is 6.33. The maximum Gasteiger partial charge on any atom is 0.434 e. The predicted octanol–water partition coefficient (Wildman–Crippen LogP) is 6.45. The molecule has 8 nitrogen and oxygen atoms in total. The molecule has 1 aliphatic heterocycles. The van der Waals surface area contributed by atoms with Crippen molar-refractivity contribution in [1.82, 2.24) is 29.1 Å². The summed E-state index contributed by atoms with van der Waals surface area (Å²) in [6.45, 7) is 6.23. The minimum Gasteiger partial charge on any atom is -0.331 e. The van der Waals surface area contributed by atoms with Crippen LogP contribution in [0.15, 0.2) is 30.6 Å². The largest absolute Gasteiger partial charge is 0.434 e. The quantitative estimate of drug-likeness (QED) is 0.257. The highest BCUT2D eigenvalue weighted by atomic mass is 35.5. The second-order valence-electron chi connectivity index (χ2n) is 10.3. The molecule has 0 saturated heterocycles. The summed E-state index contributed by atoms with van der Waals surface area (Å²) in [5.41, 5.74) is 1.57. The van der Waals surface area contributed by atoms with Gasteiger partial charge in [0.05, 0.1) is 29.4 Å². The van der Waals surface area contributed by atoms with Crippen LogP contribution >= 0.6 is 11.6 Å². The van der Waals surface area contributed by atoms with Gasteiger partial charge in [-0.05, 0) is 56.9 Å². The van der Waals surface area contributed by atoms with Crippen LogP contribution in [0.2, 0.25) is 5.02 Å². The third kappa shape index (κ3) is 4.20. The first-order valence-corrected chi connectivity index (χ1v) is 13.5. The summed E-state index contributed by atoms with van der Waals surface area (Å²) in [6, 6.07) is 4.29. The number of hydrogen-bond acceptors (Lipinski definition) is 4. The number of anilines is 1. The fourth-order valence-corrected chi connectivity index (χ4v) is 5.92. The van der Waals surface area contributed by atoms with E-state index in [1.54, 1.807) is 39.5 Å². The van der Waals surface area contributed by atoms with E-state index in [4.69, 9.17) is 16.7 Å². The highest BCUT2D eigenvalue weighted by Gasteiger charge is 2.39. The number of alkyl halides is 3. The molecule has 1 aliphatic carbocycles. The Morgan fingerprint density at radius 3 is 2.65 bits per heavy atom. The summed E-state index contributed by atoms with van der Waals surface area (Å²) in [4.78, 5) is 18.6. The molecule has 6 rings (SSSR count). The average Bonchev–Trinajstić information content (AvgIpc) is 3.67. The molecule has 210 valence electrons. The fourth-order valence-electron chi connectivity index (χ4n) is 5.69. The molecule has 1 atom stereocenters. The normalized spacial score (nSPS) is 17.2. The number of imidazole rings is 1. The van der Waals surface area contributed by atoms with Crippen molar-refractivity contribution < 1.29 is 22.4 Å². The molecule has 0 N–H and O–H groups in total. The lowest BCUT2D eigenvalue weighted by molar-refractivity contribution is -0.140. The van der Waals surface area contributed by atoms with E-state index in [-0.39, 0.29) is 36.3 Å². The summed E-state index contributed by atoms with van der Waals surface area (Å²) in [5.74, 6) is -0.293. The van der Waals surface area contributed by atoms with Crippen molar-refractivity contribution in [2.75, 3.05) is 4.90 Å². The predicted molar refractivity (Wildman–Crippen MR) is 140 cm³/mol. The molecule has 13 heteroatoms. The van der Waals surface area contributed by atoms with E-state index in [1.165, 1.54) is 10.6 Å². The Balaban J connectivity index is 1.40. The summed E-state index contributed by atoms with van der Waals surface area (Å²) >= 11 is 6.45. The number of hydrogen-bond donors (Lipinski definition) is 0. The van der Waals surface area contributed by atoms with Crippen LogP contribution in [0.4, 0.5) is 23.4 Å². The van der Waals surface area contributed by atoms with Crippen molar-refractivity contribution in [2.45, 2.75) is 71.4 Å². The van der Waals surface area contributed by atoms with E-state index >= 15 is 4.39 Å². The highest BCUT2D eigenvalue weighted by Crippen LogP contribution is 2.44. The number of aryl methyl sites for hydroxylation is 3. The maximum absolute atomic E-state index is 15.6. The van der Waals surface area contributed by atoms with Gasteiger partial charge >= 0.3 is 6.18 Å². The van der Waals surface area contributed by atoms with Crippen LogP contribution < -0.4 is 4.90 Å². The van der Waals surface area contributed by atoms with Crippen LogP contribution in [0.5, 0.6) is 0 Å². The molecule has 0 fully saturated rings. The van der Waals surface area contributed by atoms with Crippen molar-refractivity contribution in [3.8, 4) is 22.8 Å². The zero-order chi connectivity index (χ0) is 28.5. The van der Waals surface area contributed by atoms with Gasteiger partial charge in [0.2, 0.25) is 5.91 Å². The maximum atomic E-state index is 15.6. The molecule has 4 heterocycles. The van der Waals surface area contributed by atoms with Gasteiger partial charge in [-0.3, -0.25) is 14.4 Å². The number of benzene rings is 1. The smallest absolute Gasteiger partial charge is 0.331 e. The number of halogens is 5. The van der Waals surface area contributed by atoms with Crippen molar-refractivity contribution in [3.63, 3.8) is 0 Å². The third-order valence-corrected chi connectivity index (χ3v) is 7.81. The molecule has 1 aromatic carbocycles.